The van der Waals surface area contributed by atoms with Crippen LogP contribution in [0.4, 0.5) is 0 Å². The lowest BCUT2D eigenvalue weighted by Crippen LogP contribution is -2.10. The molecule has 1 aromatic carbocycles. The zero-order valence-electron chi connectivity index (χ0n) is 6.69. The lowest BCUT2D eigenvalue weighted by Gasteiger charge is -2.06. The summed E-state index contributed by atoms with van der Waals surface area (Å²) in [5.41, 5.74) is 4.28. The molecule has 0 aromatic heterocycles. The van der Waals surface area contributed by atoms with Gasteiger partial charge in [-0.15, -0.1) is 12.4 Å². The highest BCUT2D eigenvalue weighted by molar-refractivity contribution is 5.85. The first-order chi connectivity index (χ1) is 5.47. The first-order valence-electron chi connectivity index (χ1n) is 3.89. The van der Waals surface area contributed by atoms with Crippen LogP contribution in [0, 0.1) is 0 Å². The fourth-order valence-corrected chi connectivity index (χ4v) is 1.32. The van der Waals surface area contributed by atoms with E-state index in [1.54, 1.807) is 0 Å². The molecule has 1 aromatic rings. The molecule has 0 aliphatic carbocycles. The van der Waals surface area contributed by atoms with Crippen LogP contribution in [0.5, 0.6) is 0 Å². The van der Waals surface area contributed by atoms with Crippen molar-refractivity contribution in [1.29, 1.82) is 0 Å². The molecule has 1 saturated heterocycles. The third-order valence-electron chi connectivity index (χ3n) is 1.94. The summed E-state index contributed by atoms with van der Waals surface area (Å²) in [6.07, 6.45) is 1.07. The first kappa shape index (κ1) is 9.52. The smallest absolute Gasteiger partial charge is 0.0701 e. The van der Waals surface area contributed by atoms with Crippen LogP contribution in [-0.4, -0.2) is 6.61 Å². The van der Waals surface area contributed by atoms with Crippen LogP contribution in [0.3, 0.4) is 0 Å². The predicted molar refractivity (Wildman–Crippen MR) is 50.1 cm³/mol. The SMILES string of the molecule is Cl.c1ccc(C2CCON2)cc1. The van der Waals surface area contributed by atoms with E-state index in [1.807, 2.05) is 6.07 Å². The van der Waals surface area contributed by atoms with Crippen LogP contribution in [0.15, 0.2) is 30.3 Å². The average Bonchev–Trinajstić information content (AvgIpc) is 2.58. The van der Waals surface area contributed by atoms with E-state index < -0.39 is 0 Å². The molecule has 66 valence electrons. The fourth-order valence-electron chi connectivity index (χ4n) is 1.32. The molecule has 0 radical (unpaired) electrons. The molecule has 1 aliphatic heterocycles. The summed E-state index contributed by atoms with van der Waals surface area (Å²) >= 11 is 0. The van der Waals surface area contributed by atoms with Crippen LogP contribution in [-0.2, 0) is 4.84 Å². The van der Waals surface area contributed by atoms with E-state index in [2.05, 4.69) is 29.7 Å². The van der Waals surface area contributed by atoms with Crippen molar-refractivity contribution < 1.29 is 4.84 Å². The third kappa shape index (κ3) is 1.97. The predicted octanol–water partition coefficient (Wildman–Crippen LogP) is 2.07. The van der Waals surface area contributed by atoms with Crippen LogP contribution in [0.25, 0.3) is 0 Å². The molecular weight excluding hydrogens is 174 g/mol. The molecule has 0 bridgehead atoms. The number of hydroxylamine groups is 1. The molecule has 0 amide bonds. The Balaban J connectivity index is 0.000000720. The summed E-state index contributed by atoms with van der Waals surface area (Å²) < 4.78 is 0. The zero-order chi connectivity index (χ0) is 7.52. The maximum Gasteiger partial charge on any atom is 0.0701 e. The molecule has 1 aliphatic rings. The summed E-state index contributed by atoms with van der Waals surface area (Å²) in [5, 5.41) is 0. The third-order valence-corrected chi connectivity index (χ3v) is 1.94. The van der Waals surface area contributed by atoms with Gasteiger partial charge in [-0.2, -0.15) is 5.48 Å². The Morgan fingerprint density at radius 1 is 1.25 bits per heavy atom. The number of hydrogen-bond donors (Lipinski definition) is 1. The lowest BCUT2D eigenvalue weighted by molar-refractivity contribution is 0.0883. The molecule has 1 fully saturated rings. The van der Waals surface area contributed by atoms with Gasteiger partial charge in [0.2, 0.25) is 0 Å². The lowest BCUT2D eigenvalue weighted by atomic mass is 10.1. The fraction of sp³-hybridized carbons (Fsp3) is 0.333. The first-order valence-corrected chi connectivity index (χ1v) is 3.89. The highest BCUT2D eigenvalue weighted by Crippen LogP contribution is 2.19. The van der Waals surface area contributed by atoms with E-state index in [0.717, 1.165) is 13.0 Å². The monoisotopic (exact) mass is 185 g/mol. The Morgan fingerprint density at radius 3 is 2.58 bits per heavy atom. The van der Waals surface area contributed by atoms with Gasteiger partial charge in [0.1, 0.15) is 0 Å². The Kier molecular flexibility index (Phi) is 3.53. The summed E-state index contributed by atoms with van der Waals surface area (Å²) in [7, 11) is 0. The number of rotatable bonds is 1. The average molecular weight is 186 g/mol. The normalized spacial score (nSPS) is 21.8. The van der Waals surface area contributed by atoms with Crippen molar-refractivity contribution in [3.63, 3.8) is 0 Å². The molecule has 2 nitrogen and oxygen atoms in total. The van der Waals surface area contributed by atoms with Crippen LogP contribution >= 0.6 is 12.4 Å². The number of benzene rings is 1. The molecule has 2 rings (SSSR count). The summed E-state index contributed by atoms with van der Waals surface area (Å²) in [5.74, 6) is 0. The molecule has 1 atom stereocenters. The molecule has 1 N–H and O–H groups in total. The molecular formula is C9H12ClNO. The summed E-state index contributed by atoms with van der Waals surface area (Å²) in [6, 6.07) is 10.8. The van der Waals surface area contributed by atoms with Crippen molar-refractivity contribution in [2.75, 3.05) is 6.61 Å². The van der Waals surface area contributed by atoms with Gasteiger partial charge in [0.05, 0.1) is 12.6 Å². The van der Waals surface area contributed by atoms with Crippen molar-refractivity contribution in [1.82, 2.24) is 5.48 Å². The van der Waals surface area contributed by atoms with Crippen molar-refractivity contribution in [3.8, 4) is 0 Å². The van der Waals surface area contributed by atoms with E-state index in [4.69, 9.17) is 4.84 Å². The molecule has 3 heteroatoms. The molecule has 1 heterocycles. The van der Waals surface area contributed by atoms with Crippen molar-refractivity contribution in [3.05, 3.63) is 35.9 Å². The molecule has 0 spiro atoms. The topological polar surface area (TPSA) is 21.3 Å². The molecule has 1 unspecified atom stereocenters. The second-order valence-corrected chi connectivity index (χ2v) is 2.72. The van der Waals surface area contributed by atoms with Gasteiger partial charge in [-0.3, -0.25) is 0 Å². The number of hydrogen-bond acceptors (Lipinski definition) is 2. The highest BCUT2D eigenvalue weighted by Gasteiger charge is 2.15. The minimum absolute atomic E-state index is 0. The Morgan fingerprint density at radius 2 is 2.00 bits per heavy atom. The number of nitrogens with one attached hydrogen (secondary N) is 1. The molecule has 12 heavy (non-hydrogen) atoms. The second kappa shape index (κ2) is 4.45. The van der Waals surface area contributed by atoms with Gasteiger partial charge in [0, 0.05) is 0 Å². The van der Waals surface area contributed by atoms with Crippen LogP contribution in [0.2, 0.25) is 0 Å². The van der Waals surface area contributed by atoms with Gasteiger partial charge in [-0.1, -0.05) is 30.3 Å². The van der Waals surface area contributed by atoms with Crippen LogP contribution < -0.4 is 5.48 Å². The number of halogens is 1. The van der Waals surface area contributed by atoms with Crippen molar-refractivity contribution in [2.45, 2.75) is 12.5 Å². The summed E-state index contributed by atoms with van der Waals surface area (Å²) in [4.78, 5) is 5.06. The van der Waals surface area contributed by atoms with E-state index in [-0.39, 0.29) is 12.4 Å². The molecule has 0 saturated carbocycles. The van der Waals surface area contributed by atoms with E-state index >= 15 is 0 Å². The minimum Gasteiger partial charge on any atom is -0.301 e. The standard InChI is InChI=1S/C9H11NO.ClH/c1-2-4-8(5-3-1)9-6-7-11-10-9;/h1-5,9-10H,6-7H2;1H. The minimum atomic E-state index is 0. The van der Waals surface area contributed by atoms with Gasteiger partial charge in [-0.05, 0) is 12.0 Å². The Hall–Kier alpha value is -0.570. The van der Waals surface area contributed by atoms with Gasteiger partial charge >= 0.3 is 0 Å². The van der Waals surface area contributed by atoms with Crippen molar-refractivity contribution in [2.24, 2.45) is 0 Å². The van der Waals surface area contributed by atoms with Gasteiger partial charge in [0.25, 0.3) is 0 Å². The quantitative estimate of drug-likeness (QED) is 0.724. The Labute approximate surface area is 78.3 Å². The highest BCUT2D eigenvalue weighted by atomic mass is 35.5. The van der Waals surface area contributed by atoms with Crippen molar-refractivity contribution >= 4 is 12.4 Å². The largest absolute Gasteiger partial charge is 0.301 e. The van der Waals surface area contributed by atoms with Gasteiger partial charge < -0.3 is 4.84 Å². The van der Waals surface area contributed by atoms with E-state index in [1.165, 1.54) is 5.56 Å². The van der Waals surface area contributed by atoms with E-state index in [0.29, 0.717) is 6.04 Å². The van der Waals surface area contributed by atoms with Gasteiger partial charge in [0.15, 0.2) is 0 Å². The van der Waals surface area contributed by atoms with Gasteiger partial charge in [-0.25, -0.2) is 0 Å². The Bertz CT molecular complexity index is 221. The maximum absolute atomic E-state index is 5.06. The van der Waals surface area contributed by atoms with Crippen LogP contribution in [0.1, 0.15) is 18.0 Å². The second-order valence-electron chi connectivity index (χ2n) is 2.72. The summed E-state index contributed by atoms with van der Waals surface area (Å²) in [6.45, 7) is 0.819. The zero-order valence-corrected chi connectivity index (χ0v) is 7.51. The van der Waals surface area contributed by atoms with E-state index in [9.17, 15) is 0 Å². The maximum atomic E-state index is 5.06.